The number of nitrogens with zero attached hydrogens (tertiary/aromatic N) is 2. The summed E-state index contributed by atoms with van der Waals surface area (Å²) in [5.74, 6) is 0.308. The van der Waals surface area contributed by atoms with Crippen LogP contribution in [0.1, 0.15) is 24.8 Å². The Bertz CT molecular complexity index is 864. The van der Waals surface area contributed by atoms with Crippen LogP contribution in [0, 0.1) is 23.2 Å². The minimum atomic E-state index is -3.08. The van der Waals surface area contributed by atoms with E-state index >= 15 is 0 Å². The molecule has 1 saturated heterocycles. The molecule has 2 aliphatic carbocycles. The molecule has 11 heteroatoms. The normalized spacial score (nSPS) is 28.0. The lowest BCUT2D eigenvalue weighted by Gasteiger charge is -2.29. The number of fused-ring (bicyclic) bond motifs is 1. The first kappa shape index (κ1) is 23.7. The van der Waals surface area contributed by atoms with Gasteiger partial charge in [0.2, 0.25) is 0 Å². The molecule has 1 aromatic rings. The molecule has 2 saturated carbocycles. The van der Waals surface area contributed by atoms with Crippen molar-refractivity contribution < 1.29 is 27.0 Å². The summed E-state index contributed by atoms with van der Waals surface area (Å²) in [5.41, 5.74) is 6.32. The van der Waals surface area contributed by atoms with Gasteiger partial charge in [-0.05, 0) is 43.2 Å². The zero-order valence-corrected chi connectivity index (χ0v) is 18.2. The summed E-state index contributed by atoms with van der Waals surface area (Å²) >= 11 is 0. The molecule has 7 nitrogen and oxygen atoms in total. The Morgan fingerprint density at radius 3 is 2.73 bits per heavy atom. The van der Waals surface area contributed by atoms with Crippen LogP contribution in [-0.2, 0) is 4.74 Å². The lowest BCUT2D eigenvalue weighted by atomic mass is 10.0. The van der Waals surface area contributed by atoms with Crippen molar-refractivity contribution in [3.8, 4) is 5.75 Å². The number of hydrogen-bond donors (Lipinski definition) is 3. The number of pyridine rings is 1. The molecule has 3 aliphatic rings. The fourth-order valence-corrected chi connectivity index (χ4v) is 5.19. The minimum Gasteiger partial charge on any atom is -0.431 e. The summed E-state index contributed by atoms with van der Waals surface area (Å²) in [6.07, 6.45) is 3.25. The van der Waals surface area contributed by atoms with E-state index < -0.39 is 19.6 Å². The highest BCUT2D eigenvalue weighted by Gasteiger charge is 2.58. The van der Waals surface area contributed by atoms with Crippen LogP contribution in [0.2, 0.25) is 0 Å². The van der Waals surface area contributed by atoms with E-state index in [2.05, 4.69) is 19.9 Å². The highest BCUT2D eigenvalue weighted by Crippen LogP contribution is 2.61. The maximum Gasteiger partial charge on any atom is 0.387 e. The van der Waals surface area contributed by atoms with E-state index in [1.165, 1.54) is 18.3 Å². The number of allylic oxidation sites excluding steroid dienone is 2. The minimum absolute atomic E-state index is 0.0374. The van der Waals surface area contributed by atoms with Gasteiger partial charge in [-0.3, -0.25) is 4.90 Å². The summed E-state index contributed by atoms with van der Waals surface area (Å²) < 4.78 is 60.9. The third-order valence-electron chi connectivity index (χ3n) is 6.72. The summed E-state index contributed by atoms with van der Waals surface area (Å²) in [6, 6.07) is 1.69. The molecule has 0 radical (unpaired) electrons. The fraction of sp³-hybridized carbons (Fsp3) is 0.636. The van der Waals surface area contributed by atoms with Gasteiger partial charge in [-0.25, -0.2) is 13.8 Å². The summed E-state index contributed by atoms with van der Waals surface area (Å²) in [5, 5.41) is 11.2. The molecule has 33 heavy (non-hydrogen) atoms. The number of hydrogen-bond acceptors (Lipinski definition) is 7. The molecule has 4 atom stereocenters. The van der Waals surface area contributed by atoms with Crippen molar-refractivity contribution in [1.82, 2.24) is 15.2 Å². The van der Waals surface area contributed by atoms with Gasteiger partial charge in [0.1, 0.15) is 0 Å². The number of nitrogens with one attached hydrogen (secondary N) is 2. The lowest BCUT2D eigenvalue weighted by Crippen LogP contribution is -2.37. The third-order valence-corrected chi connectivity index (χ3v) is 6.72. The lowest BCUT2D eigenvalue weighted by molar-refractivity contribution is -0.0495. The van der Waals surface area contributed by atoms with E-state index in [0.717, 1.165) is 45.6 Å². The van der Waals surface area contributed by atoms with Crippen LogP contribution in [0.4, 0.5) is 23.4 Å². The van der Waals surface area contributed by atoms with Gasteiger partial charge in [-0.15, -0.1) is 0 Å². The summed E-state index contributed by atoms with van der Waals surface area (Å²) in [6.45, 7) is -0.137. The van der Waals surface area contributed by atoms with Crippen molar-refractivity contribution in [2.45, 2.75) is 38.3 Å². The number of ether oxygens (including phenoxy) is 2. The predicted molar refractivity (Wildman–Crippen MR) is 115 cm³/mol. The second kappa shape index (κ2) is 10.3. The zero-order valence-electron chi connectivity index (χ0n) is 18.2. The SMILES string of the molecule is N=C(/C=C(\NCC(F)F)[C@H]1[C@@H]2CC(N3CCCOCC3)C[C@@H]21)c1cnc(N)c(OC(F)F)c1. The van der Waals surface area contributed by atoms with Crippen molar-refractivity contribution in [2.24, 2.45) is 17.8 Å². The first-order valence-corrected chi connectivity index (χ1v) is 11.2. The molecule has 4 rings (SSSR count). The Hall–Kier alpha value is -2.40. The van der Waals surface area contributed by atoms with Crippen LogP contribution in [0.15, 0.2) is 24.0 Å². The van der Waals surface area contributed by atoms with Crippen LogP contribution in [0.3, 0.4) is 0 Å². The Kier molecular flexibility index (Phi) is 7.38. The molecule has 3 fully saturated rings. The van der Waals surface area contributed by atoms with E-state index in [1.807, 2.05) is 0 Å². The highest BCUT2D eigenvalue weighted by atomic mass is 19.3. The van der Waals surface area contributed by atoms with Crippen molar-refractivity contribution in [1.29, 1.82) is 5.41 Å². The van der Waals surface area contributed by atoms with Crippen LogP contribution >= 0.6 is 0 Å². The van der Waals surface area contributed by atoms with E-state index in [9.17, 15) is 17.6 Å². The molecule has 1 aliphatic heterocycles. The van der Waals surface area contributed by atoms with Gasteiger partial charge < -0.3 is 25.9 Å². The Labute approximate surface area is 189 Å². The van der Waals surface area contributed by atoms with Gasteiger partial charge in [0.25, 0.3) is 6.43 Å². The number of alkyl halides is 4. The molecular weight excluding hydrogens is 442 g/mol. The van der Waals surface area contributed by atoms with Gasteiger partial charge in [-0.1, -0.05) is 0 Å². The first-order chi connectivity index (χ1) is 15.8. The summed E-state index contributed by atoms with van der Waals surface area (Å²) in [4.78, 5) is 6.29. The summed E-state index contributed by atoms with van der Waals surface area (Å²) in [7, 11) is 0. The predicted octanol–water partition coefficient (Wildman–Crippen LogP) is 3.12. The van der Waals surface area contributed by atoms with Gasteiger partial charge in [-0.2, -0.15) is 8.78 Å². The number of halogens is 4. The van der Waals surface area contributed by atoms with E-state index in [0.29, 0.717) is 23.6 Å². The maximum atomic E-state index is 12.9. The van der Waals surface area contributed by atoms with Gasteiger partial charge >= 0.3 is 6.61 Å². The smallest absolute Gasteiger partial charge is 0.387 e. The van der Waals surface area contributed by atoms with Crippen molar-refractivity contribution in [2.75, 3.05) is 38.6 Å². The van der Waals surface area contributed by atoms with Crippen molar-refractivity contribution in [3.05, 3.63) is 29.6 Å². The number of aromatic nitrogens is 1. The molecule has 1 unspecified atom stereocenters. The molecule has 0 aromatic carbocycles. The molecule has 0 bridgehead atoms. The highest BCUT2D eigenvalue weighted by molar-refractivity contribution is 6.07. The standard InChI is InChI=1S/C22H29F4N5O2/c23-19(24)11-29-17(9-16(27)12-6-18(33-22(25)26)21(28)30-10-12)20-14-7-13(8-15(14)20)31-2-1-4-32-5-3-31/h6,9-10,13-15,19-20,22,27,29H,1-5,7-8,11H2,(H2,28,30)/b17-9-,27-16?/t13?,14-,15+,20+. The van der Waals surface area contributed by atoms with E-state index in [1.54, 1.807) is 0 Å². The topological polar surface area (TPSA) is 96.5 Å². The number of rotatable bonds is 9. The number of nitrogen functional groups attached to an aromatic ring is 1. The van der Waals surface area contributed by atoms with Crippen molar-refractivity contribution >= 4 is 11.5 Å². The van der Waals surface area contributed by atoms with Gasteiger partial charge in [0.05, 0.1) is 18.9 Å². The van der Waals surface area contributed by atoms with Crippen LogP contribution in [-0.4, -0.2) is 67.5 Å². The average molecular weight is 471 g/mol. The third kappa shape index (κ3) is 5.75. The second-order valence-corrected chi connectivity index (χ2v) is 8.75. The zero-order chi connectivity index (χ0) is 23.5. The van der Waals surface area contributed by atoms with Gasteiger partial charge in [0, 0.05) is 49.1 Å². The van der Waals surface area contributed by atoms with Gasteiger partial charge in [0.15, 0.2) is 11.6 Å². The monoisotopic (exact) mass is 471 g/mol. The molecule has 0 amide bonds. The Morgan fingerprint density at radius 2 is 2.03 bits per heavy atom. The fourth-order valence-electron chi connectivity index (χ4n) is 5.19. The molecule has 4 N–H and O–H groups in total. The largest absolute Gasteiger partial charge is 0.431 e. The van der Waals surface area contributed by atoms with Crippen LogP contribution in [0.25, 0.3) is 0 Å². The second-order valence-electron chi connectivity index (χ2n) is 8.75. The molecule has 1 aromatic heterocycles. The average Bonchev–Trinajstić information content (AvgIpc) is 3.38. The van der Waals surface area contributed by atoms with Crippen LogP contribution < -0.4 is 15.8 Å². The number of anilines is 1. The Morgan fingerprint density at radius 1 is 1.27 bits per heavy atom. The molecular formula is C22H29F4N5O2. The van der Waals surface area contributed by atoms with E-state index in [4.69, 9.17) is 15.9 Å². The maximum absolute atomic E-state index is 12.9. The molecule has 2 heterocycles. The van der Waals surface area contributed by atoms with Crippen LogP contribution in [0.5, 0.6) is 5.75 Å². The molecule has 0 spiro atoms. The molecule has 182 valence electrons. The first-order valence-electron chi connectivity index (χ1n) is 11.2. The van der Waals surface area contributed by atoms with Crippen molar-refractivity contribution in [3.63, 3.8) is 0 Å². The number of nitrogens with two attached hydrogens (primary N) is 1. The quantitative estimate of drug-likeness (QED) is 0.378. The Balaban J connectivity index is 1.45. The van der Waals surface area contributed by atoms with E-state index in [-0.39, 0.29) is 28.8 Å².